The van der Waals surface area contributed by atoms with Gasteiger partial charge in [0.25, 0.3) is 0 Å². The standard InChI is InChI=1S/C32H36N6OS/c1-24-15-17-26(18-16-24)23-38-28-13-8-7-12-27(28)30-31(38)33-32(35-34-30)40-21-9-14-29(39)37(20-19-36(2)3)22-25-10-5-4-6-11-25/h4-8,10-13,15-18H,9,14,19-23H2,1-3H3. The molecule has 0 aliphatic rings. The molecule has 2 heterocycles. The molecule has 0 aliphatic carbocycles. The Morgan fingerprint density at radius 1 is 0.875 bits per heavy atom. The third-order valence-electron chi connectivity index (χ3n) is 6.97. The van der Waals surface area contributed by atoms with E-state index in [2.05, 4.69) is 75.1 Å². The molecule has 206 valence electrons. The van der Waals surface area contributed by atoms with Gasteiger partial charge in [0.1, 0.15) is 5.52 Å². The lowest BCUT2D eigenvalue weighted by atomic mass is 10.1. The van der Waals surface area contributed by atoms with E-state index in [0.29, 0.717) is 31.2 Å². The van der Waals surface area contributed by atoms with Crippen molar-refractivity contribution in [2.24, 2.45) is 0 Å². The van der Waals surface area contributed by atoms with Crippen LogP contribution in [0.15, 0.2) is 84.0 Å². The minimum absolute atomic E-state index is 0.180. The first-order valence-corrected chi connectivity index (χ1v) is 14.7. The molecule has 1 amide bonds. The molecule has 0 radical (unpaired) electrons. The highest BCUT2D eigenvalue weighted by molar-refractivity contribution is 7.99. The second-order valence-corrected chi connectivity index (χ2v) is 11.5. The number of carbonyl (C=O) groups is 1. The van der Waals surface area contributed by atoms with Crippen molar-refractivity contribution >= 4 is 39.7 Å². The Morgan fingerprint density at radius 3 is 2.40 bits per heavy atom. The maximum Gasteiger partial charge on any atom is 0.222 e. The van der Waals surface area contributed by atoms with Crippen LogP contribution in [0.4, 0.5) is 0 Å². The van der Waals surface area contributed by atoms with Crippen LogP contribution in [-0.2, 0) is 17.9 Å². The van der Waals surface area contributed by atoms with Crippen LogP contribution < -0.4 is 0 Å². The number of hydrogen-bond donors (Lipinski definition) is 0. The third-order valence-corrected chi connectivity index (χ3v) is 7.89. The van der Waals surface area contributed by atoms with Gasteiger partial charge >= 0.3 is 0 Å². The van der Waals surface area contributed by atoms with Crippen LogP contribution in [0.3, 0.4) is 0 Å². The monoisotopic (exact) mass is 552 g/mol. The Balaban J connectivity index is 1.26. The van der Waals surface area contributed by atoms with Crippen molar-refractivity contribution in [3.8, 4) is 0 Å². The zero-order chi connectivity index (χ0) is 27.9. The zero-order valence-electron chi connectivity index (χ0n) is 23.5. The van der Waals surface area contributed by atoms with Gasteiger partial charge in [0.05, 0.1) is 5.52 Å². The lowest BCUT2D eigenvalue weighted by molar-refractivity contribution is -0.132. The first kappa shape index (κ1) is 27.8. The van der Waals surface area contributed by atoms with Gasteiger partial charge in [-0.05, 0) is 44.6 Å². The summed E-state index contributed by atoms with van der Waals surface area (Å²) < 4.78 is 2.23. The fourth-order valence-electron chi connectivity index (χ4n) is 4.75. The summed E-state index contributed by atoms with van der Waals surface area (Å²) in [6.07, 6.45) is 1.25. The summed E-state index contributed by atoms with van der Waals surface area (Å²) in [5, 5.41) is 10.7. The van der Waals surface area contributed by atoms with Crippen LogP contribution in [-0.4, -0.2) is 68.4 Å². The van der Waals surface area contributed by atoms with E-state index >= 15 is 0 Å². The highest BCUT2D eigenvalue weighted by Crippen LogP contribution is 2.28. The lowest BCUT2D eigenvalue weighted by Gasteiger charge is -2.24. The van der Waals surface area contributed by atoms with E-state index < -0.39 is 0 Å². The number of rotatable bonds is 12. The van der Waals surface area contributed by atoms with Gasteiger partial charge in [-0.3, -0.25) is 4.79 Å². The van der Waals surface area contributed by atoms with Gasteiger partial charge in [0.2, 0.25) is 11.1 Å². The number of para-hydroxylation sites is 1. The van der Waals surface area contributed by atoms with Gasteiger partial charge in [0, 0.05) is 43.7 Å². The van der Waals surface area contributed by atoms with Gasteiger partial charge in [-0.1, -0.05) is 90.1 Å². The summed E-state index contributed by atoms with van der Waals surface area (Å²) in [7, 11) is 4.07. The van der Waals surface area contributed by atoms with E-state index in [1.54, 1.807) is 11.8 Å². The van der Waals surface area contributed by atoms with Crippen molar-refractivity contribution in [3.05, 3.63) is 95.6 Å². The smallest absolute Gasteiger partial charge is 0.222 e. The Hall–Kier alpha value is -3.75. The first-order valence-electron chi connectivity index (χ1n) is 13.7. The van der Waals surface area contributed by atoms with E-state index in [9.17, 15) is 4.79 Å². The maximum atomic E-state index is 13.1. The van der Waals surface area contributed by atoms with Crippen LogP contribution in [0.2, 0.25) is 0 Å². The number of thioether (sulfide) groups is 1. The Labute approximate surface area is 240 Å². The average Bonchev–Trinajstić information content (AvgIpc) is 3.27. The molecule has 0 N–H and O–H groups in total. The van der Waals surface area contributed by atoms with Crippen LogP contribution in [0.5, 0.6) is 0 Å². The molecule has 0 aliphatic heterocycles. The molecule has 8 heteroatoms. The number of hydrogen-bond acceptors (Lipinski definition) is 6. The van der Waals surface area contributed by atoms with Gasteiger partial charge in [-0.15, -0.1) is 10.2 Å². The summed E-state index contributed by atoms with van der Waals surface area (Å²) in [4.78, 5) is 22.1. The highest BCUT2D eigenvalue weighted by atomic mass is 32.2. The molecule has 0 saturated carbocycles. The molecule has 3 aromatic carbocycles. The third kappa shape index (κ3) is 6.87. The van der Waals surface area contributed by atoms with E-state index in [1.807, 2.05) is 49.3 Å². The molecule has 0 atom stereocenters. The predicted molar refractivity (Wildman–Crippen MR) is 163 cm³/mol. The second-order valence-electron chi connectivity index (χ2n) is 10.4. The summed E-state index contributed by atoms with van der Waals surface area (Å²) in [5.41, 5.74) is 6.37. The fourth-order valence-corrected chi connectivity index (χ4v) is 5.47. The summed E-state index contributed by atoms with van der Waals surface area (Å²) in [6, 6.07) is 27.1. The van der Waals surface area contributed by atoms with Crippen molar-refractivity contribution in [3.63, 3.8) is 0 Å². The van der Waals surface area contributed by atoms with Crippen molar-refractivity contribution in [2.45, 2.75) is 38.0 Å². The molecular formula is C32H36N6OS. The van der Waals surface area contributed by atoms with Crippen molar-refractivity contribution in [1.82, 2.24) is 29.5 Å². The molecule has 0 saturated heterocycles. The molecule has 40 heavy (non-hydrogen) atoms. The van der Waals surface area contributed by atoms with Crippen molar-refractivity contribution < 1.29 is 4.79 Å². The number of amides is 1. The molecule has 5 rings (SSSR count). The minimum atomic E-state index is 0.180. The summed E-state index contributed by atoms with van der Waals surface area (Å²) in [5.74, 6) is 0.934. The molecule has 0 bridgehead atoms. The average molecular weight is 553 g/mol. The Bertz CT molecular complexity index is 1570. The Morgan fingerprint density at radius 2 is 1.62 bits per heavy atom. The van der Waals surface area contributed by atoms with Crippen LogP contribution in [0.25, 0.3) is 22.1 Å². The van der Waals surface area contributed by atoms with E-state index in [-0.39, 0.29) is 5.91 Å². The molecule has 5 aromatic rings. The largest absolute Gasteiger partial charge is 0.337 e. The fraction of sp³-hybridized carbons (Fsp3) is 0.312. The van der Waals surface area contributed by atoms with Crippen LogP contribution in [0, 0.1) is 6.92 Å². The number of benzene rings is 3. The number of aryl methyl sites for hydroxylation is 1. The second kappa shape index (κ2) is 13.1. The summed E-state index contributed by atoms with van der Waals surface area (Å²) >= 11 is 1.56. The zero-order valence-corrected chi connectivity index (χ0v) is 24.3. The molecule has 0 spiro atoms. The number of aromatic nitrogens is 4. The number of fused-ring (bicyclic) bond motifs is 3. The summed E-state index contributed by atoms with van der Waals surface area (Å²) in [6.45, 7) is 5.00. The number of likely N-dealkylation sites (N-methyl/N-ethyl adjacent to an activating group) is 1. The van der Waals surface area contributed by atoms with Gasteiger partial charge in [0.15, 0.2) is 5.65 Å². The van der Waals surface area contributed by atoms with Crippen LogP contribution >= 0.6 is 11.8 Å². The number of nitrogens with zero attached hydrogens (tertiary/aromatic N) is 6. The van der Waals surface area contributed by atoms with Crippen molar-refractivity contribution in [1.29, 1.82) is 0 Å². The number of carbonyl (C=O) groups excluding carboxylic acids is 1. The lowest BCUT2D eigenvalue weighted by Crippen LogP contribution is -2.36. The Kier molecular flexibility index (Phi) is 9.08. The maximum absolute atomic E-state index is 13.1. The molecular weight excluding hydrogens is 516 g/mol. The van der Waals surface area contributed by atoms with Gasteiger partial charge in [-0.25, -0.2) is 4.98 Å². The molecule has 0 fully saturated rings. The van der Waals surface area contributed by atoms with Gasteiger partial charge < -0.3 is 14.4 Å². The molecule has 0 unspecified atom stereocenters. The molecule has 2 aromatic heterocycles. The van der Waals surface area contributed by atoms with Gasteiger partial charge in [-0.2, -0.15) is 0 Å². The minimum Gasteiger partial charge on any atom is -0.337 e. The first-order chi connectivity index (χ1) is 19.5. The predicted octanol–water partition coefficient (Wildman–Crippen LogP) is 5.80. The SMILES string of the molecule is Cc1ccc(Cn2c3ccccc3c3nnc(SCCCC(=O)N(CCN(C)C)Cc4ccccc4)nc32)cc1. The normalized spacial score (nSPS) is 11.5. The van der Waals surface area contributed by atoms with E-state index in [1.165, 1.54) is 11.1 Å². The van der Waals surface area contributed by atoms with Crippen molar-refractivity contribution in [2.75, 3.05) is 32.9 Å². The van der Waals surface area contributed by atoms with E-state index in [4.69, 9.17) is 4.98 Å². The highest BCUT2D eigenvalue weighted by Gasteiger charge is 2.17. The quantitative estimate of drug-likeness (QED) is 0.144. The van der Waals surface area contributed by atoms with E-state index in [0.717, 1.165) is 46.3 Å². The topological polar surface area (TPSA) is 67.2 Å². The van der Waals surface area contributed by atoms with Crippen LogP contribution in [0.1, 0.15) is 29.5 Å². The molecule has 7 nitrogen and oxygen atoms in total.